The fraction of sp³-hybridized carbons (Fsp3) is 0.636. The molecule has 0 aromatic heterocycles. The van der Waals surface area contributed by atoms with E-state index in [0.717, 1.165) is 19.3 Å². The smallest absolute Gasteiger partial charge is 0.331 e. The molecule has 9 heteroatoms. The van der Waals surface area contributed by atoms with Gasteiger partial charge in [0.15, 0.2) is 0 Å². The highest BCUT2D eigenvalue weighted by Crippen LogP contribution is 2.31. The molecule has 1 N–H and O–H groups in total. The van der Waals surface area contributed by atoms with E-state index < -0.39 is 21.5 Å². The first-order valence-electron chi connectivity index (χ1n) is 11.0. The monoisotopic (exact) mass is 452 g/mol. The van der Waals surface area contributed by atoms with Gasteiger partial charge in [0.25, 0.3) is 0 Å². The van der Waals surface area contributed by atoms with Crippen LogP contribution in [-0.2, 0) is 24.3 Å². The van der Waals surface area contributed by atoms with Crippen molar-refractivity contribution in [3.05, 3.63) is 24.3 Å². The molecule has 1 aromatic rings. The molecule has 2 fully saturated rings. The van der Waals surface area contributed by atoms with Gasteiger partial charge in [0.2, 0.25) is 15.9 Å². The number of piperidine rings is 1. The number of hydrogen-bond donors (Lipinski definition) is 1. The van der Waals surface area contributed by atoms with Gasteiger partial charge < -0.3 is 14.8 Å². The van der Waals surface area contributed by atoms with Gasteiger partial charge >= 0.3 is 5.97 Å². The van der Waals surface area contributed by atoms with Crippen LogP contribution in [0.1, 0.15) is 51.9 Å². The molecule has 1 aliphatic heterocycles. The van der Waals surface area contributed by atoms with E-state index in [0.29, 0.717) is 38.0 Å². The van der Waals surface area contributed by atoms with Gasteiger partial charge in [-0.3, -0.25) is 4.79 Å². The van der Waals surface area contributed by atoms with Crippen molar-refractivity contribution >= 4 is 21.9 Å². The van der Waals surface area contributed by atoms with Crippen LogP contribution in [-0.4, -0.2) is 56.9 Å². The third-order valence-corrected chi connectivity index (χ3v) is 8.16. The number of esters is 1. The number of hydrogen-bond acceptors (Lipinski definition) is 6. The van der Waals surface area contributed by atoms with Gasteiger partial charge in [-0.1, -0.05) is 19.3 Å². The number of sulfonamides is 1. The zero-order valence-corrected chi connectivity index (χ0v) is 19.1. The predicted octanol–water partition coefficient (Wildman–Crippen LogP) is 2.48. The Hall–Kier alpha value is -2.13. The van der Waals surface area contributed by atoms with Crippen LogP contribution >= 0.6 is 0 Å². The Bertz CT molecular complexity index is 870. The van der Waals surface area contributed by atoms with Gasteiger partial charge in [-0.05, 0) is 56.9 Å². The van der Waals surface area contributed by atoms with E-state index in [-0.39, 0.29) is 29.8 Å². The molecule has 1 aliphatic carbocycles. The Labute approximate surface area is 184 Å². The summed E-state index contributed by atoms with van der Waals surface area (Å²) < 4.78 is 37.7. The molecule has 172 valence electrons. The molecule has 2 aliphatic rings. The minimum Gasteiger partial charge on any atom is -0.494 e. The predicted molar refractivity (Wildman–Crippen MR) is 115 cm³/mol. The Morgan fingerprint density at radius 2 is 1.71 bits per heavy atom. The summed E-state index contributed by atoms with van der Waals surface area (Å²) in [6.45, 7) is 2.91. The summed E-state index contributed by atoms with van der Waals surface area (Å²) in [5.41, 5.74) is -0.949. The summed E-state index contributed by atoms with van der Waals surface area (Å²) in [6.07, 6.45) is 4.77. The summed E-state index contributed by atoms with van der Waals surface area (Å²) in [6, 6.07) is 6.38. The lowest BCUT2D eigenvalue weighted by Crippen LogP contribution is -2.58. The molecule has 1 amide bonds. The molecule has 31 heavy (non-hydrogen) atoms. The molecule has 0 unspecified atom stereocenters. The van der Waals surface area contributed by atoms with Crippen molar-refractivity contribution in [1.29, 1.82) is 0 Å². The van der Waals surface area contributed by atoms with Crippen LogP contribution in [0.5, 0.6) is 5.75 Å². The molecule has 3 rings (SSSR count). The highest BCUT2D eigenvalue weighted by molar-refractivity contribution is 7.89. The van der Waals surface area contributed by atoms with Gasteiger partial charge in [0, 0.05) is 19.0 Å². The van der Waals surface area contributed by atoms with E-state index in [1.807, 2.05) is 6.92 Å². The molecule has 1 aromatic carbocycles. The van der Waals surface area contributed by atoms with Crippen molar-refractivity contribution in [3.8, 4) is 5.75 Å². The lowest BCUT2D eigenvalue weighted by atomic mass is 9.81. The van der Waals surface area contributed by atoms with Crippen LogP contribution < -0.4 is 10.1 Å². The number of rotatable bonds is 7. The summed E-state index contributed by atoms with van der Waals surface area (Å²) in [7, 11) is -2.29. The molecular weight excluding hydrogens is 420 g/mol. The van der Waals surface area contributed by atoms with Gasteiger partial charge in [-0.2, -0.15) is 4.31 Å². The zero-order valence-electron chi connectivity index (χ0n) is 18.3. The van der Waals surface area contributed by atoms with Crippen LogP contribution in [0.15, 0.2) is 29.2 Å². The summed E-state index contributed by atoms with van der Waals surface area (Å²) >= 11 is 0. The largest absolute Gasteiger partial charge is 0.494 e. The van der Waals surface area contributed by atoms with Crippen LogP contribution in [0, 0.1) is 5.92 Å². The second-order valence-electron chi connectivity index (χ2n) is 8.21. The molecule has 1 heterocycles. The maximum absolute atomic E-state index is 13.0. The number of nitrogens with one attached hydrogen (secondary N) is 1. The molecule has 0 atom stereocenters. The third kappa shape index (κ3) is 5.20. The zero-order chi connectivity index (χ0) is 22.5. The van der Waals surface area contributed by atoms with Gasteiger partial charge in [0.05, 0.1) is 18.6 Å². The van der Waals surface area contributed by atoms with E-state index in [1.165, 1.54) is 11.4 Å². The average Bonchev–Trinajstić information content (AvgIpc) is 2.79. The first-order chi connectivity index (χ1) is 14.8. The summed E-state index contributed by atoms with van der Waals surface area (Å²) in [5.74, 6) is -0.282. The molecule has 0 bridgehead atoms. The minimum atomic E-state index is -3.63. The molecule has 0 spiro atoms. The van der Waals surface area contributed by atoms with Crippen molar-refractivity contribution in [2.75, 3.05) is 26.8 Å². The summed E-state index contributed by atoms with van der Waals surface area (Å²) in [4.78, 5) is 25.5. The third-order valence-electron chi connectivity index (χ3n) is 6.24. The van der Waals surface area contributed by atoms with Crippen molar-refractivity contribution < 1.29 is 27.5 Å². The topological polar surface area (TPSA) is 102 Å². The fourth-order valence-electron chi connectivity index (χ4n) is 4.45. The number of amides is 1. The van der Waals surface area contributed by atoms with Gasteiger partial charge in [0.1, 0.15) is 11.3 Å². The van der Waals surface area contributed by atoms with Crippen LogP contribution in [0.4, 0.5) is 0 Å². The Morgan fingerprint density at radius 1 is 1.10 bits per heavy atom. The first-order valence-corrected chi connectivity index (χ1v) is 12.4. The lowest BCUT2D eigenvalue weighted by Gasteiger charge is -2.37. The Kier molecular flexibility index (Phi) is 7.59. The number of benzene rings is 1. The highest BCUT2D eigenvalue weighted by Gasteiger charge is 2.43. The quantitative estimate of drug-likeness (QED) is 0.638. The minimum absolute atomic E-state index is 0.189. The number of ether oxygens (including phenoxy) is 2. The van der Waals surface area contributed by atoms with E-state index in [4.69, 9.17) is 9.47 Å². The standard InChI is InChI=1S/C22H32N2O6S/c1-3-30-18-7-9-19(10-8-18)31(27,28)24-15-11-17(12-16-24)20(25)23-22(21(26)29-2)13-5-4-6-14-22/h7-10,17H,3-6,11-16H2,1-2H3,(H,23,25). The maximum Gasteiger partial charge on any atom is 0.331 e. The molecule has 8 nitrogen and oxygen atoms in total. The van der Waals surface area contributed by atoms with Gasteiger partial charge in [-0.15, -0.1) is 0 Å². The van der Waals surface area contributed by atoms with Crippen molar-refractivity contribution in [2.24, 2.45) is 5.92 Å². The number of methoxy groups -OCH3 is 1. The van der Waals surface area contributed by atoms with Crippen LogP contribution in [0.25, 0.3) is 0 Å². The second-order valence-corrected chi connectivity index (χ2v) is 10.1. The van der Waals surface area contributed by atoms with Crippen LogP contribution in [0.2, 0.25) is 0 Å². The van der Waals surface area contributed by atoms with E-state index in [1.54, 1.807) is 24.3 Å². The number of carbonyl (C=O) groups is 2. The summed E-state index contributed by atoms with van der Waals surface area (Å²) in [5, 5.41) is 2.96. The average molecular weight is 453 g/mol. The van der Waals surface area contributed by atoms with Crippen molar-refractivity contribution in [3.63, 3.8) is 0 Å². The maximum atomic E-state index is 13.0. The van der Waals surface area contributed by atoms with Crippen LogP contribution in [0.3, 0.4) is 0 Å². The number of carbonyl (C=O) groups excluding carboxylic acids is 2. The van der Waals surface area contributed by atoms with Crippen molar-refractivity contribution in [2.45, 2.75) is 62.3 Å². The fourth-order valence-corrected chi connectivity index (χ4v) is 5.92. The molecule has 0 radical (unpaired) electrons. The lowest BCUT2D eigenvalue weighted by molar-refractivity contribution is -0.153. The van der Waals surface area contributed by atoms with Gasteiger partial charge in [-0.25, -0.2) is 13.2 Å². The Balaban J connectivity index is 1.61. The normalized spacial score (nSPS) is 20.1. The Morgan fingerprint density at radius 3 is 2.26 bits per heavy atom. The van der Waals surface area contributed by atoms with E-state index in [9.17, 15) is 18.0 Å². The first kappa shape index (κ1) is 23.5. The second kappa shape index (κ2) is 9.99. The number of nitrogens with zero attached hydrogens (tertiary/aromatic N) is 1. The SMILES string of the molecule is CCOc1ccc(S(=O)(=O)N2CCC(C(=O)NC3(C(=O)OC)CCCCC3)CC2)cc1. The highest BCUT2D eigenvalue weighted by atomic mass is 32.2. The van der Waals surface area contributed by atoms with E-state index >= 15 is 0 Å². The molecular formula is C22H32N2O6S. The molecule has 1 saturated heterocycles. The molecule has 1 saturated carbocycles. The van der Waals surface area contributed by atoms with E-state index in [2.05, 4.69) is 5.32 Å². The van der Waals surface area contributed by atoms with Crippen molar-refractivity contribution in [1.82, 2.24) is 9.62 Å².